The molecule has 0 atom stereocenters. The van der Waals surface area contributed by atoms with Gasteiger partial charge < -0.3 is 14.6 Å². The minimum atomic E-state index is -1.09. The fourth-order valence-electron chi connectivity index (χ4n) is 1.89. The van der Waals surface area contributed by atoms with Crippen molar-refractivity contribution in [2.24, 2.45) is 0 Å². The Hall–Kier alpha value is -2.19. The number of halogens is 1. The number of thioether (sulfide) groups is 1. The molecule has 7 nitrogen and oxygen atoms in total. The number of methoxy groups -OCH3 is 2. The molecule has 0 radical (unpaired) electrons. The third-order valence-electron chi connectivity index (χ3n) is 3.01. The van der Waals surface area contributed by atoms with Crippen molar-refractivity contribution in [3.8, 4) is 11.5 Å². The van der Waals surface area contributed by atoms with Gasteiger partial charge in [-0.1, -0.05) is 18.5 Å². The van der Waals surface area contributed by atoms with Crippen LogP contribution >= 0.6 is 23.4 Å². The summed E-state index contributed by atoms with van der Waals surface area (Å²) in [4.78, 5) is 15.8. The van der Waals surface area contributed by atoms with Crippen LogP contribution in [0.4, 0.5) is 0 Å². The third kappa shape index (κ3) is 4.21. The number of nitrogens with zero attached hydrogens (tertiary/aromatic N) is 2. The van der Waals surface area contributed by atoms with Crippen LogP contribution in [0.2, 0.25) is 5.02 Å². The van der Waals surface area contributed by atoms with Crippen LogP contribution in [0.15, 0.2) is 22.2 Å². The molecule has 24 heavy (non-hydrogen) atoms. The fourth-order valence-corrected chi connectivity index (χ4v) is 2.91. The third-order valence-corrected chi connectivity index (χ3v) is 4.17. The first-order valence-corrected chi connectivity index (χ1v) is 8.13. The predicted molar refractivity (Wildman–Crippen MR) is 91.8 cm³/mol. The number of aromatic nitrogens is 3. The molecule has 0 amide bonds. The lowest BCUT2D eigenvalue weighted by atomic mass is 10.2. The number of hydrogen-bond acceptors (Lipinski definition) is 6. The van der Waals surface area contributed by atoms with E-state index in [-0.39, 0.29) is 4.91 Å². The molecule has 1 heterocycles. The second-order valence-corrected chi connectivity index (χ2v) is 5.99. The van der Waals surface area contributed by atoms with Crippen molar-refractivity contribution in [3.05, 3.63) is 33.4 Å². The lowest BCUT2D eigenvalue weighted by Crippen LogP contribution is -1.98. The maximum Gasteiger partial charge on any atom is 0.342 e. The first-order valence-electron chi connectivity index (χ1n) is 6.94. The van der Waals surface area contributed by atoms with Crippen LogP contribution in [-0.2, 0) is 11.2 Å². The summed E-state index contributed by atoms with van der Waals surface area (Å²) in [5, 5.41) is 16.8. The molecule has 2 aromatic rings. The highest BCUT2D eigenvalue weighted by Crippen LogP contribution is 2.37. The van der Waals surface area contributed by atoms with Gasteiger partial charge in [-0.2, -0.15) is 0 Å². The monoisotopic (exact) mass is 369 g/mol. The van der Waals surface area contributed by atoms with Crippen LogP contribution in [0.25, 0.3) is 6.08 Å². The van der Waals surface area contributed by atoms with Crippen LogP contribution < -0.4 is 9.47 Å². The molecule has 1 aromatic heterocycles. The molecule has 0 aliphatic carbocycles. The summed E-state index contributed by atoms with van der Waals surface area (Å²) < 4.78 is 10.4. The molecule has 0 saturated heterocycles. The van der Waals surface area contributed by atoms with E-state index in [9.17, 15) is 9.90 Å². The first-order chi connectivity index (χ1) is 11.5. The number of rotatable bonds is 7. The molecule has 9 heteroatoms. The van der Waals surface area contributed by atoms with Crippen molar-refractivity contribution in [1.29, 1.82) is 0 Å². The van der Waals surface area contributed by atoms with E-state index in [1.165, 1.54) is 20.3 Å². The Morgan fingerprint density at radius 1 is 1.42 bits per heavy atom. The predicted octanol–water partition coefficient (Wildman–Crippen LogP) is 3.26. The summed E-state index contributed by atoms with van der Waals surface area (Å²) in [5.41, 5.74) is 0.564. The maximum atomic E-state index is 11.5. The molecule has 0 bridgehead atoms. The van der Waals surface area contributed by atoms with Crippen molar-refractivity contribution in [2.75, 3.05) is 14.2 Å². The quantitative estimate of drug-likeness (QED) is 0.571. The van der Waals surface area contributed by atoms with Gasteiger partial charge in [-0.05, 0) is 35.5 Å². The van der Waals surface area contributed by atoms with E-state index < -0.39 is 5.97 Å². The number of aliphatic carboxylic acids is 1. The van der Waals surface area contributed by atoms with Gasteiger partial charge in [0.15, 0.2) is 11.5 Å². The van der Waals surface area contributed by atoms with Crippen molar-refractivity contribution in [3.63, 3.8) is 0 Å². The average Bonchev–Trinajstić information content (AvgIpc) is 3.01. The molecular formula is C15H16ClN3O4S. The van der Waals surface area contributed by atoms with E-state index in [0.717, 1.165) is 11.8 Å². The number of aryl methyl sites for hydroxylation is 1. The zero-order valence-corrected chi connectivity index (χ0v) is 14.9. The van der Waals surface area contributed by atoms with E-state index >= 15 is 0 Å². The molecule has 1 aromatic carbocycles. The fraction of sp³-hybridized carbons (Fsp3) is 0.267. The number of H-pyrrole nitrogens is 1. The number of aromatic amines is 1. The number of nitrogens with one attached hydrogen (secondary N) is 1. The van der Waals surface area contributed by atoms with Gasteiger partial charge in [0.25, 0.3) is 0 Å². The Kier molecular flexibility index (Phi) is 6.10. The lowest BCUT2D eigenvalue weighted by molar-refractivity contribution is -0.131. The van der Waals surface area contributed by atoms with E-state index in [4.69, 9.17) is 21.1 Å². The molecule has 0 aliphatic heterocycles. The summed E-state index contributed by atoms with van der Waals surface area (Å²) in [5.74, 6) is 0.407. The number of benzene rings is 1. The van der Waals surface area contributed by atoms with E-state index in [0.29, 0.717) is 39.5 Å². The molecule has 0 unspecified atom stereocenters. The van der Waals surface area contributed by atoms with Crippen molar-refractivity contribution < 1.29 is 19.4 Å². The number of carboxylic acids is 1. The molecule has 128 valence electrons. The average molecular weight is 370 g/mol. The van der Waals surface area contributed by atoms with Crippen LogP contribution in [-0.4, -0.2) is 40.5 Å². The minimum absolute atomic E-state index is 0.0555. The summed E-state index contributed by atoms with van der Waals surface area (Å²) in [6.07, 6.45) is 2.16. The van der Waals surface area contributed by atoms with E-state index in [1.807, 2.05) is 6.92 Å². The van der Waals surface area contributed by atoms with Gasteiger partial charge >= 0.3 is 5.97 Å². The topological polar surface area (TPSA) is 97.3 Å². The number of ether oxygens (including phenoxy) is 2. The molecule has 0 aliphatic rings. The SMILES string of the molecule is CCc1nc(S/C(=C/c2cc(Cl)c(OC)c(OC)c2)C(=O)O)n[nH]1. The molecule has 0 spiro atoms. The van der Waals surface area contributed by atoms with Crippen molar-refractivity contribution in [2.45, 2.75) is 18.5 Å². The number of carbonyl (C=O) groups is 1. The second kappa shape index (κ2) is 8.07. The van der Waals surface area contributed by atoms with Crippen molar-refractivity contribution in [1.82, 2.24) is 15.2 Å². The van der Waals surface area contributed by atoms with Crippen LogP contribution in [0.3, 0.4) is 0 Å². The summed E-state index contributed by atoms with van der Waals surface area (Å²) in [7, 11) is 2.96. The standard InChI is InChI=1S/C15H16ClN3O4S/c1-4-12-17-15(19-18-12)24-11(14(20)21)7-8-5-9(16)13(23-3)10(6-8)22-2/h5-7H,4H2,1-3H3,(H,20,21)(H,17,18,19)/b11-7+. The van der Waals surface area contributed by atoms with Crippen molar-refractivity contribution >= 4 is 35.4 Å². The van der Waals surface area contributed by atoms with Crippen LogP contribution in [0.1, 0.15) is 18.3 Å². The van der Waals surface area contributed by atoms with Gasteiger partial charge in [0, 0.05) is 6.42 Å². The highest BCUT2D eigenvalue weighted by atomic mass is 35.5. The molecule has 0 fully saturated rings. The van der Waals surface area contributed by atoms with Gasteiger partial charge in [0.2, 0.25) is 5.16 Å². The Bertz CT molecular complexity index is 776. The number of carboxylic acid groups (broad SMARTS) is 1. The Morgan fingerprint density at radius 2 is 2.17 bits per heavy atom. The summed E-state index contributed by atoms with van der Waals surface area (Å²) in [6.45, 7) is 1.93. The van der Waals surface area contributed by atoms with Gasteiger partial charge in [-0.3, -0.25) is 5.10 Å². The number of hydrogen-bond donors (Lipinski definition) is 2. The molecule has 2 N–H and O–H groups in total. The zero-order chi connectivity index (χ0) is 17.7. The van der Waals surface area contributed by atoms with Gasteiger partial charge in [-0.25, -0.2) is 9.78 Å². The Labute approximate surface area is 148 Å². The van der Waals surface area contributed by atoms with Gasteiger partial charge in [0.05, 0.1) is 19.2 Å². The molecule has 0 saturated carbocycles. The Balaban J connectivity index is 2.37. The summed E-state index contributed by atoms with van der Waals surface area (Å²) >= 11 is 7.09. The zero-order valence-electron chi connectivity index (χ0n) is 13.3. The second-order valence-electron chi connectivity index (χ2n) is 4.57. The minimum Gasteiger partial charge on any atom is -0.493 e. The largest absolute Gasteiger partial charge is 0.493 e. The van der Waals surface area contributed by atoms with E-state index in [2.05, 4.69) is 15.2 Å². The van der Waals surface area contributed by atoms with Crippen LogP contribution in [0.5, 0.6) is 11.5 Å². The highest BCUT2D eigenvalue weighted by molar-refractivity contribution is 8.04. The summed E-state index contributed by atoms with van der Waals surface area (Å²) in [6, 6.07) is 3.24. The molecular weight excluding hydrogens is 354 g/mol. The van der Waals surface area contributed by atoms with Gasteiger partial charge in [0.1, 0.15) is 10.7 Å². The smallest absolute Gasteiger partial charge is 0.342 e. The Morgan fingerprint density at radius 3 is 2.71 bits per heavy atom. The lowest BCUT2D eigenvalue weighted by Gasteiger charge is -2.10. The molecule has 2 rings (SSSR count). The normalized spacial score (nSPS) is 11.4. The van der Waals surface area contributed by atoms with E-state index in [1.54, 1.807) is 12.1 Å². The first kappa shape index (κ1) is 18.2. The maximum absolute atomic E-state index is 11.5. The van der Waals surface area contributed by atoms with Crippen LogP contribution in [0, 0.1) is 0 Å². The van der Waals surface area contributed by atoms with Gasteiger partial charge in [-0.15, -0.1) is 5.10 Å². The highest BCUT2D eigenvalue weighted by Gasteiger charge is 2.15.